The molecular formula is C15H20N2OS. The summed E-state index contributed by atoms with van der Waals surface area (Å²) in [7, 11) is 0. The highest BCUT2D eigenvalue weighted by atomic mass is 32.1. The van der Waals surface area contributed by atoms with Gasteiger partial charge in [-0.25, -0.2) is 0 Å². The van der Waals surface area contributed by atoms with Crippen molar-refractivity contribution in [2.75, 3.05) is 24.5 Å². The van der Waals surface area contributed by atoms with Crippen molar-refractivity contribution in [3.05, 3.63) is 29.8 Å². The standard InChI is InChI=1S/C15H20N2OS/c18-15-9-13(19)11-17(15)10-12-5-1-2-6-14(12)16-7-3-4-8-16/h1-2,5-6,13,19H,3-4,7-11H2. The Balaban J connectivity index is 1.78. The van der Waals surface area contributed by atoms with Gasteiger partial charge in [0.25, 0.3) is 0 Å². The minimum absolute atomic E-state index is 0.200. The average molecular weight is 276 g/mol. The zero-order chi connectivity index (χ0) is 13.2. The Labute approximate surface area is 120 Å². The molecule has 2 aliphatic heterocycles. The molecule has 3 rings (SSSR count). The summed E-state index contributed by atoms with van der Waals surface area (Å²) >= 11 is 4.42. The fourth-order valence-corrected chi connectivity index (χ4v) is 3.37. The molecule has 3 nitrogen and oxygen atoms in total. The maximum absolute atomic E-state index is 11.9. The Hall–Kier alpha value is -1.16. The van der Waals surface area contributed by atoms with Crippen molar-refractivity contribution < 1.29 is 4.79 Å². The third kappa shape index (κ3) is 2.73. The van der Waals surface area contributed by atoms with E-state index in [9.17, 15) is 4.79 Å². The van der Waals surface area contributed by atoms with Crippen LogP contribution in [0.3, 0.4) is 0 Å². The Kier molecular flexibility index (Phi) is 3.69. The van der Waals surface area contributed by atoms with Gasteiger partial charge >= 0.3 is 0 Å². The summed E-state index contributed by atoms with van der Waals surface area (Å²) in [5.74, 6) is 0.233. The number of anilines is 1. The van der Waals surface area contributed by atoms with E-state index < -0.39 is 0 Å². The first-order valence-corrected chi connectivity index (χ1v) is 7.54. The van der Waals surface area contributed by atoms with Crippen LogP contribution in [-0.4, -0.2) is 35.7 Å². The van der Waals surface area contributed by atoms with Gasteiger partial charge in [0.2, 0.25) is 5.91 Å². The molecule has 2 saturated heterocycles. The number of carbonyl (C=O) groups excluding carboxylic acids is 1. The molecule has 2 fully saturated rings. The Morgan fingerprint density at radius 3 is 2.63 bits per heavy atom. The molecule has 1 aromatic rings. The number of thiol groups is 1. The SMILES string of the molecule is O=C1CC(S)CN1Cc1ccccc1N1CCCC1. The van der Waals surface area contributed by atoms with Crippen molar-refractivity contribution in [2.24, 2.45) is 0 Å². The molecular weight excluding hydrogens is 256 g/mol. The van der Waals surface area contributed by atoms with E-state index in [1.807, 2.05) is 4.90 Å². The van der Waals surface area contributed by atoms with Crippen molar-refractivity contribution in [1.82, 2.24) is 4.90 Å². The second-order valence-electron chi connectivity index (χ2n) is 5.46. The van der Waals surface area contributed by atoms with Crippen LogP contribution in [0.15, 0.2) is 24.3 Å². The van der Waals surface area contributed by atoms with Gasteiger partial charge in [0.15, 0.2) is 0 Å². The maximum atomic E-state index is 11.9. The van der Waals surface area contributed by atoms with Crippen LogP contribution >= 0.6 is 12.6 Å². The monoisotopic (exact) mass is 276 g/mol. The van der Waals surface area contributed by atoms with Crippen molar-refractivity contribution in [1.29, 1.82) is 0 Å². The topological polar surface area (TPSA) is 23.6 Å². The summed E-state index contributed by atoms with van der Waals surface area (Å²) in [5.41, 5.74) is 2.57. The molecule has 0 aliphatic carbocycles. The lowest BCUT2D eigenvalue weighted by molar-refractivity contribution is -0.128. The Morgan fingerprint density at radius 1 is 1.21 bits per heavy atom. The molecule has 0 aromatic heterocycles. The quantitative estimate of drug-likeness (QED) is 0.857. The van der Waals surface area contributed by atoms with Gasteiger partial charge in [0.1, 0.15) is 0 Å². The molecule has 1 unspecified atom stereocenters. The van der Waals surface area contributed by atoms with Gasteiger partial charge in [-0.15, -0.1) is 0 Å². The van der Waals surface area contributed by atoms with Gasteiger partial charge < -0.3 is 9.80 Å². The largest absolute Gasteiger partial charge is 0.371 e. The third-order valence-electron chi connectivity index (χ3n) is 3.99. The van der Waals surface area contributed by atoms with Crippen LogP contribution < -0.4 is 4.90 Å². The normalized spacial score (nSPS) is 23.4. The summed E-state index contributed by atoms with van der Waals surface area (Å²) in [5, 5.41) is 0.200. The molecule has 102 valence electrons. The number of carbonyl (C=O) groups is 1. The van der Waals surface area contributed by atoms with E-state index in [1.165, 1.54) is 24.1 Å². The highest BCUT2D eigenvalue weighted by Gasteiger charge is 2.28. The van der Waals surface area contributed by atoms with E-state index in [2.05, 4.69) is 41.8 Å². The van der Waals surface area contributed by atoms with Crippen LogP contribution in [0.1, 0.15) is 24.8 Å². The minimum Gasteiger partial charge on any atom is -0.371 e. The number of benzene rings is 1. The third-order valence-corrected chi connectivity index (χ3v) is 4.34. The first kappa shape index (κ1) is 12.9. The van der Waals surface area contributed by atoms with E-state index >= 15 is 0 Å². The number of hydrogen-bond acceptors (Lipinski definition) is 3. The molecule has 1 aromatic carbocycles. The van der Waals surface area contributed by atoms with Crippen LogP contribution in [-0.2, 0) is 11.3 Å². The van der Waals surface area contributed by atoms with E-state index in [0.717, 1.165) is 26.2 Å². The fraction of sp³-hybridized carbons (Fsp3) is 0.533. The van der Waals surface area contributed by atoms with Crippen LogP contribution in [0.25, 0.3) is 0 Å². The smallest absolute Gasteiger partial charge is 0.224 e. The molecule has 0 saturated carbocycles. The van der Waals surface area contributed by atoms with Crippen molar-refractivity contribution >= 4 is 24.2 Å². The number of hydrogen-bond donors (Lipinski definition) is 1. The highest BCUT2D eigenvalue weighted by Crippen LogP contribution is 2.27. The predicted molar refractivity (Wildman–Crippen MR) is 80.7 cm³/mol. The van der Waals surface area contributed by atoms with Gasteiger partial charge in [-0.3, -0.25) is 4.79 Å². The molecule has 19 heavy (non-hydrogen) atoms. The van der Waals surface area contributed by atoms with Crippen molar-refractivity contribution in [3.8, 4) is 0 Å². The first-order chi connectivity index (χ1) is 9.24. The van der Waals surface area contributed by atoms with Gasteiger partial charge in [-0.05, 0) is 24.5 Å². The summed E-state index contributed by atoms with van der Waals surface area (Å²) < 4.78 is 0. The van der Waals surface area contributed by atoms with Crippen LogP contribution in [0.2, 0.25) is 0 Å². The molecule has 0 radical (unpaired) electrons. The number of amides is 1. The fourth-order valence-electron chi connectivity index (χ4n) is 3.02. The number of rotatable bonds is 3. The molecule has 2 heterocycles. The highest BCUT2D eigenvalue weighted by molar-refractivity contribution is 7.81. The Bertz CT molecular complexity index is 471. The Morgan fingerprint density at radius 2 is 1.95 bits per heavy atom. The molecule has 1 amide bonds. The number of para-hydroxylation sites is 1. The second kappa shape index (κ2) is 5.45. The summed E-state index contributed by atoms with van der Waals surface area (Å²) in [6.45, 7) is 3.78. The molecule has 0 bridgehead atoms. The maximum Gasteiger partial charge on any atom is 0.224 e. The van der Waals surface area contributed by atoms with Crippen LogP contribution in [0.4, 0.5) is 5.69 Å². The van der Waals surface area contributed by atoms with Crippen molar-refractivity contribution in [2.45, 2.75) is 31.1 Å². The first-order valence-electron chi connectivity index (χ1n) is 7.03. The molecule has 0 N–H and O–H groups in total. The minimum atomic E-state index is 0.200. The molecule has 0 spiro atoms. The van der Waals surface area contributed by atoms with Gasteiger partial charge in [-0.2, -0.15) is 12.6 Å². The van der Waals surface area contributed by atoms with E-state index in [0.29, 0.717) is 6.42 Å². The van der Waals surface area contributed by atoms with Gasteiger partial charge in [-0.1, -0.05) is 18.2 Å². The lowest BCUT2D eigenvalue weighted by Gasteiger charge is -2.24. The van der Waals surface area contributed by atoms with Gasteiger partial charge in [0.05, 0.1) is 0 Å². The zero-order valence-corrected chi connectivity index (χ0v) is 12.0. The van der Waals surface area contributed by atoms with Gasteiger partial charge in [0, 0.05) is 43.5 Å². The van der Waals surface area contributed by atoms with E-state index in [1.54, 1.807) is 0 Å². The van der Waals surface area contributed by atoms with E-state index in [-0.39, 0.29) is 11.2 Å². The average Bonchev–Trinajstić information content (AvgIpc) is 3.01. The number of nitrogens with zero attached hydrogens (tertiary/aromatic N) is 2. The zero-order valence-electron chi connectivity index (χ0n) is 11.1. The molecule has 4 heteroatoms. The lowest BCUT2D eigenvalue weighted by atomic mass is 10.1. The number of likely N-dealkylation sites (tertiary alicyclic amines) is 1. The molecule has 1 atom stereocenters. The van der Waals surface area contributed by atoms with Crippen LogP contribution in [0.5, 0.6) is 0 Å². The van der Waals surface area contributed by atoms with E-state index in [4.69, 9.17) is 0 Å². The van der Waals surface area contributed by atoms with Crippen LogP contribution in [0, 0.1) is 0 Å². The van der Waals surface area contributed by atoms with Crippen molar-refractivity contribution in [3.63, 3.8) is 0 Å². The molecule has 2 aliphatic rings. The lowest BCUT2D eigenvalue weighted by Crippen LogP contribution is -2.27. The second-order valence-corrected chi connectivity index (χ2v) is 6.19. The predicted octanol–water partition coefficient (Wildman–Crippen LogP) is 2.32. The summed E-state index contributed by atoms with van der Waals surface area (Å²) in [4.78, 5) is 16.3. The summed E-state index contributed by atoms with van der Waals surface area (Å²) in [6.07, 6.45) is 3.13. The summed E-state index contributed by atoms with van der Waals surface area (Å²) in [6, 6.07) is 8.48.